The Kier molecular flexibility index (Phi) is 51.1. The average Bonchev–Trinajstić information content (AvgIpc) is 3.28. The summed E-state index contributed by atoms with van der Waals surface area (Å²) >= 11 is 0. The van der Waals surface area contributed by atoms with E-state index in [4.69, 9.17) is 14.2 Å². The molecule has 6 nitrogen and oxygen atoms in total. The highest BCUT2D eigenvalue weighted by atomic mass is 16.6. The summed E-state index contributed by atoms with van der Waals surface area (Å²) in [6.07, 6.45) is 56.7. The normalized spacial score (nSPS) is 12.0. The predicted octanol–water partition coefficient (Wildman–Crippen LogP) is 19.0. The van der Waals surface area contributed by atoms with Gasteiger partial charge in [-0.2, -0.15) is 0 Å². The second-order valence-electron chi connectivity index (χ2n) is 20.4. The van der Waals surface area contributed by atoms with Gasteiger partial charge in [-0.15, -0.1) is 0 Å². The van der Waals surface area contributed by atoms with Gasteiger partial charge >= 0.3 is 17.9 Å². The fourth-order valence-corrected chi connectivity index (χ4v) is 8.92. The maximum Gasteiger partial charge on any atom is 0.306 e. The number of hydrogen-bond donors (Lipinski definition) is 0. The first-order valence-electron chi connectivity index (χ1n) is 28.9. The maximum atomic E-state index is 12.8. The summed E-state index contributed by atoms with van der Waals surface area (Å²) in [5.74, 6) is 0.00993. The molecular weight excluding hydrogens is 793 g/mol. The highest BCUT2D eigenvalue weighted by Crippen LogP contribution is 2.18. The van der Waals surface area contributed by atoms with Crippen molar-refractivity contribution in [3.63, 3.8) is 0 Å². The molecule has 0 aliphatic carbocycles. The molecule has 0 amide bonds. The van der Waals surface area contributed by atoms with Crippen molar-refractivity contribution in [2.24, 2.45) is 5.92 Å². The molecule has 0 saturated heterocycles. The van der Waals surface area contributed by atoms with Gasteiger partial charge in [-0.25, -0.2) is 0 Å². The van der Waals surface area contributed by atoms with Crippen molar-refractivity contribution >= 4 is 17.9 Å². The third kappa shape index (κ3) is 51.4. The van der Waals surface area contributed by atoms with Crippen LogP contribution in [0, 0.1) is 5.92 Å². The molecule has 0 aromatic rings. The van der Waals surface area contributed by atoms with Gasteiger partial charge in [0.2, 0.25) is 0 Å². The molecule has 0 unspecified atom stereocenters. The standard InChI is InChI=1S/C58H112O6/c1-5-7-9-11-13-15-16-17-18-19-20-21-24-28-31-35-39-43-47-51-58(61)64-55(52-62-56(59)49-45-41-37-32-14-12-10-8-6-2)53-63-57(60)50-46-42-38-34-30-27-25-22-23-26-29-33-36-40-44-48-54(3)4/h54-55H,5-53H2,1-4H3/t55-/m1/s1. The van der Waals surface area contributed by atoms with E-state index in [2.05, 4.69) is 27.7 Å². The number of ether oxygens (including phenoxy) is 3. The van der Waals surface area contributed by atoms with Crippen LogP contribution < -0.4 is 0 Å². The molecule has 64 heavy (non-hydrogen) atoms. The van der Waals surface area contributed by atoms with Crippen LogP contribution in [0.3, 0.4) is 0 Å². The van der Waals surface area contributed by atoms with Crippen molar-refractivity contribution in [2.75, 3.05) is 13.2 Å². The SMILES string of the molecule is CCCCCCCCCCCCCCCCCCCCCC(=O)O[C@H](COC(=O)CCCCCCCCCCC)COC(=O)CCCCCCCCCCCCCCCCCC(C)C. The summed E-state index contributed by atoms with van der Waals surface area (Å²) < 4.78 is 16.8. The summed E-state index contributed by atoms with van der Waals surface area (Å²) in [5, 5.41) is 0. The Morgan fingerprint density at radius 2 is 0.516 bits per heavy atom. The van der Waals surface area contributed by atoms with Gasteiger partial charge < -0.3 is 14.2 Å². The van der Waals surface area contributed by atoms with Gasteiger partial charge in [0.25, 0.3) is 0 Å². The van der Waals surface area contributed by atoms with Crippen LogP contribution in [-0.2, 0) is 28.6 Å². The van der Waals surface area contributed by atoms with Crippen LogP contribution in [0.1, 0.15) is 329 Å². The van der Waals surface area contributed by atoms with Crippen LogP contribution in [0.4, 0.5) is 0 Å². The van der Waals surface area contributed by atoms with Crippen LogP contribution >= 0.6 is 0 Å². The number of carbonyl (C=O) groups excluding carboxylic acids is 3. The first kappa shape index (κ1) is 62.4. The number of rotatable bonds is 53. The number of unbranched alkanes of at least 4 members (excludes halogenated alkanes) is 40. The van der Waals surface area contributed by atoms with Crippen molar-refractivity contribution < 1.29 is 28.6 Å². The van der Waals surface area contributed by atoms with Crippen molar-refractivity contribution in [3.8, 4) is 0 Å². The highest BCUT2D eigenvalue weighted by molar-refractivity contribution is 5.71. The van der Waals surface area contributed by atoms with Gasteiger partial charge in [0.15, 0.2) is 6.10 Å². The first-order valence-corrected chi connectivity index (χ1v) is 28.9. The summed E-state index contributed by atoms with van der Waals surface area (Å²) in [5.41, 5.74) is 0. The van der Waals surface area contributed by atoms with Gasteiger partial charge in [0.05, 0.1) is 0 Å². The van der Waals surface area contributed by atoms with Crippen LogP contribution in [0.2, 0.25) is 0 Å². The molecule has 0 heterocycles. The molecule has 0 aromatic carbocycles. The second kappa shape index (κ2) is 52.4. The van der Waals surface area contributed by atoms with Crippen molar-refractivity contribution in [1.82, 2.24) is 0 Å². The Balaban J connectivity index is 4.20. The van der Waals surface area contributed by atoms with E-state index in [-0.39, 0.29) is 31.1 Å². The van der Waals surface area contributed by atoms with E-state index in [0.717, 1.165) is 63.7 Å². The zero-order valence-electron chi connectivity index (χ0n) is 43.8. The van der Waals surface area contributed by atoms with Crippen LogP contribution in [-0.4, -0.2) is 37.2 Å². The van der Waals surface area contributed by atoms with Crippen LogP contribution in [0.5, 0.6) is 0 Å². The van der Waals surface area contributed by atoms with Crippen molar-refractivity contribution in [2.45, 2.75) is 336 Å². The molecule has 0 spiro atoms. The Labute approximate surface area is 399 Å². The molecule has 0 aliphatic heterocycles. The molecule has 0 aromatic heterocycles. The van der Waals surface area contributed by atoms with Gasteiger partial charge in [-0.3, -0.25) is 14.4 Å². The third-order valence-electron chi connectivity index (χ3n) is 13.3. The molecule has 6 heteroatoms. The molecule has 380 valence electrons. The fourth-order valence-electron chi connectivity index (χ4n) is 8.92. The molecular formula is C58H112O6. The van der Waals surface area contributed by atoms with Crippen molar-refractivity contribution in [1.29, 1.82) is 0 Å². The zero-order chi connectivity index (χ0) is 46.7. The smallest absolute Gasteiger partial charge is 0.306 e. The van der Waals surface area contributed by atoms with E-state index in [9.17, 15) is 14.4 Å². The van der Waals surface area contributed by atoms with Crippen LogP contribution in [0.15, 0.2) is 0 Å². The van der Waals surface area contributed by atoms with E-state index in [0.29, 0.717) is 19.3 Å². The minimum atomic E-state index is -0.761. The Morgan fingerprint density at radius 1 is 0.297 bits per heavy atom. The zero-order valence-corrected chi connectivity index (χ0v) is 43.8. The number of hydrogen-bond acceptors (Lipinski definition) is 6. The van der Waals surface area contributed by atoms with E-state index in [1.165, 1.54) is 225 Å². The summed E-state index contributed by atoms with van der Waals surface area (Å²) in [6, 6.07) is 0. The van der Waals surface area contributed by atoms with E-state index < -0.39 is 6.10 Å². The molecule has 0 saturated carbocycles. The minimum absolute atomic E-state index is 0.0621. The number of esters is 3. The van der Waals surface area contributed by atoms with Crippen molar-refractivity contribution in [3.05, 3.63) is 0 Å². The molecule has 0 bridgehead atoms. The van der Waals surface area contributed by atoms with Gasteiger partial charge in [-0.05, 0) is 25.2 Å². The lowest BCUT2D eigenvalue weighted by molar-refractivity contribution is -0.167. The quantitative estimate of drug-likeness (QED) is 0.0344. The molecule has 1 atom stereocenters. The lowest BCUT2D eigenvalue weighted by Gasteiger charge is -2.18. The molecule has 0 aliphatic rings. The summed E-state index contributed by atoms with van der Waals surface area (Å²) in [7, 11) is 0. The topological polar surface area (TPSA) is 78.9 Å². The van der Waals surface area contributed by atoms with E-state index in [1.54, 1.807) is 0 Å². The van der Waals surface area contributed by atoms with E-state index >= 15 is 0 Å². The van der Waals surface area contributed by atoms with Gasteiger partial charge in [0.1, 0.15) is 13.2 Å². The Morgan fingerprint density at radius 3 is 0.766 bits per heavy atom. The lowest BCUT2D eigenvalue weighted by atomic mass is 10.0. The summed E-state index contributed by atoms with van der Waals surface area (Å²) in [4.78, 5) is 38.0. The largest absolute Gasteiger partial charge is 0.462 e. The van der Waals surface area contributed by atoms with Crippen LogP contribution in [0.25, 0.3) is 0 Å². The monoisotopic (exact) mass is 905 g/mol. The fraction of sp³-hybridized carbons (Fsp3) is 0.948. The average molecular weight is 906 g/mol. The second-order valence-corrected chi connectivity index (χ2v) is 20.4. The third-order valence-corrected chi connectivity index (χ3v) is 13.3. The Bertz CT molecular complexity index is 964. The van der Waals surface area contributed by atoms with E-state index in [1.807, 2.05) is 0 Å². The molecule has 0 N–H and O–H groups in total. The summed E-state index contributed by atoms with van der Waals surface area (Å²) in [6.45, 7) is 9.05. The highest BCUT2D eigenvalue weighted by Gasteiger charge is 2.19. The maximum absolute atomic E-state index is 12.8. The van der Waals surface area contributed by atoms with Gasteiger partial charge in [-0.1, -0.05) is 291 Å². The predicted molar refractivity (Wildman–Crippen MR) is 275 cm³/mol. The lowest BCUT2D eigenvalue weighted by Crippen LogP contribution is -2.30. The minimum Gasteiger partial charge on any atom is -0.462 e. The molecule has 0 rings (SSSR count). The van der Waals surface area contributed by atoms with Gasteiger partial charge in [0, 0.05) is 19.3 Å². The Hall–Kier alpha value is -1.59. The number of carbonyl (C=O) groups is 3. The first-order chi connectivity index (χ1) is 31.4. The molecule has 0 radical (unpaired) electrons. The molecule has 0 fully saturated rings.